The first-order valence-electron chi connectivity index (χ1n) is 7.35. The third kappa shape index (κ3) is 4.68. The number of rotatable bonds is 7. The Morgan fingerprint density at radius 2 is 2.26 bits per heavy atom. The van der Waals surface area contributed by atoms with Crippen LogP contribution >= 0.6 is 23.1 Å². The number of thiazole rings is 1. The minimum atomic E-state index is -1.05. The van der Waals surface area contributed by atoms with Crippen LogP contribution in [0.4, 0.5) is 0 Å². The zero-order valence-electron chi connectivity index (χ0n) is 12.8. The molecule has 0 aromatic carbocycles. The fourth-order valence-corrected chi connectivity index (χ4v) is 4.15. The molecular weight excluding hydrogens is 338 g/mol. The van der Waals surface area contributed by atoms with Crippen LogP contribution in [-0.4, -0.2) is 57.0 Å². The summed E-state index contributed by atoms with van der Waals surface area (Å²) < 4.78 is 0. The number of thioether (sulfide) groups is 1. The van der Waals surface area contributed by atoms with Crippen LogP contribution in [0.25, 0.3) is 0 Å². The van der Waals surface area contributed by atoms with E-state index in [9.17, 15) is 14.4 Å². The van der Waals surface area contributed by atoms with Gasteiger partial charge >= 0.3 is 5.97 Å². The van der Waals surface area contributed by atoms with E-state index in [1.807, 2.05) is 6.92 Å². The molecule has 9 heteroatoms. The van der Waals surface area contributed by atoms with Gasteiger partial charge in [0, 0.05) is 30.5 Å². The number of nitrogens with one attached hydrogen (secondary N) is 1. The van der Waals surface area contributed by atoms with Gasteiger partial charge in [0.25, 0.3) is 0 Å². The number of hydrogen-bond acceptors (Lipinski definition) is 6. The third-order valence-electron chi connectivity index (χ3n) is 3.38. The van der Waals surface area contributed by atoms with Crippen LogP contribution in [0.15, 0.2) is 5.38 Å². The lowest BCUT2D eigenvalue weighted by molar-refractivity contribution is -0.138. The molecule has 2 heterocycles. The molecule has 126 valence electrons. The van der Waals surface area contributed by atoms with Gasteiger partial charge in [-0.25, -0.2) is 9.78 Å². The molecule has 0 saturated carbocycles. The van der Waals surface area contributed by atoms with E-state index in [2.05, 4.69) is 10.3 Å². The zero-order chi connectivity index (χ0) is 16.8. The molecular formula is C14H19N3O4S2. The molecule has 2 N–H and O–H groups in total. The largest absolute Gasteiger partial charge is 0.476 e. The summed E-state index contributed by atoms with van der Waals surface area (Å²) in [6.07, 6.45) is 1.71. The lowest BCUT2D eigenvalue weighted by atomic mass is 10.2. The summed E-state index contributed by atoms with van der Waals surface area (Å²) in [5.41, 5.74) is 0.0276. The molecule has 0 spiro atoms. The Bertz CT molecular complexity index is 590. The van der Waals surface area contributed by atoms with E-state index in [1.165, 1.54) is 16.7 Å². The number of carboxylic acid groups (broad SMARTS) is 1. The van der Waals surface area contributed by atoms with Crippen molar-refractivity contribution in [3.8, 4) is 0 Å². The van der Waals surface area contributed by atoms with Crippen LogP contribution in [0.5, 0.6) is 0 Å². The van der Waals surface area contributed by atoms with Gasteiger partial charge in [-0.3, -0.25) is 9.59 Å². The monoisotopic (exact) mass is 357 g/mol. The molecule has 1 aliphatic rings. The fraction of sp³-hybridized carbons (Fsp3) is 0.571. The molecule has 0 radical (unpaired) electrons. The highest BCUT2D eigenvalue weighted by Gasteiger charge is 2.33. The van der Waals surface area contributed by atoms with Gasteiger partial charge in [-0.2, -0.15) is 0 Å². The maximum absolute atomic E-state index is 12.2. The molecule has 0 bridgehead atoms. The van der Waals surface area contributed by atoms with E-state index in [1.54, 1.807) is 16.7 Å². The summed E-state index contributed by atoms with van der Waals surface area (Å²) in [4.78, 5) is 40.6. The maximum Gasteiger partial charge on any atom is 0.355 e. The number of aromatic nitrogens is 1. The summed E-state index contributed by atoms with van der Waals surface area (Å²) >= 11 is 2.84. The molecule has 0 aliphatic carbocycles. The van der Waals surface area contributed by atoms with Gasteiger partial charge in [-0.15, -0.1) is 23.1 Å². The van der Waals surface area contributed by atoms with E-state index in [0.29, 0.717) is 36.0 Å². The molecule has 1 atom stereocenters. The first-order chi connectivity index (χ1) is 11.0. The Kier molecular flexibility index (Phi) is 6.40. The number of amides is 2. The van der Waals surface area contributed by atoms with Gasteiger partial charge in [0.1, 0.15) is 6.04 Å². The van der Waals surface area contributed by atoms with Crippen LogP contribution in [-0.2, 0) is 16.0 Å². The van der Waals surface area contributed by atoms with E-state index >= 15 is 0 Å². The lowest BCUT2D eigenvalue weighted by Crippen LogP contribution is -2.47. The molecule has 1 aliphatic heterocycles. The summed E-state index contributed by atoms with van der Waals surface area (Å²) in [6, 6.07) is -0.412. The van der Waals surface area contributed by atoms with Gasteiger partial charge in [-0.05, 0) is 6.42 Å². The predicted octanol–water partition coefficient (Wildman–Crippen LogP) is 1.20. The van der Waals surface area contributed by atoms with Gasteiger partial charge in [-0.1, -0.05) is 6.92 Å². The topological polar surface area (TPSA) is 99.6 Å². The first kappa shape index (κ1) is 17.7. The van der Waals surface area contributed by atoms with Crippen molar-refractivity contribution in [1.29, 1.82) is 0 Å². The highest BCUT2D eigenvalue weighted by molar-refractivity contribution is 7.99. The second-order valence-corrected chi connectivity index (χ2v) is 7.04. The Morgan fingerprint density at radius 1 is 1.48 bits per heavy atom. The first-order valence-corrected chi connectivity index (χ1v) is 9.39. The number of aromatic carboxylic acids is 1. The standard InChI is InChI=1S/C14H19N3O4S2/c1-2-3-12(18)17-8-22-7-10(17)13(19)15-5-4-11-16-9(6-23-11)14(20)21/h6,10H,2-5,7-8H2,1H3,(H,15,19)(H,20,21). The molecule has 23 heavy (non-hydrogen) atoms. The van der Waals surface area contributed by atoms with Gasteiger partial charge in [0.15, 0.2) is 5.69 Å². The van der Waals surface area contributed by atoms with Crippen molar-refractivity contribution in [2.24, 2.45) is 0 Å². The van der Waals surface area contributed by atoms with Crippen molar-refractivity contribution in [2.45, 2.75) is 32.2 Å². The van der Waals surface area contributed by atoms with Crippen LogP contribution in [0.1, 0.15) is 35.3 Å². The van der Waals surface area contributed by atoms with Gasteiger partial charge in [0.2, 0.25) is 11.8 Å². The Balaban J connectivity index is 1.81. The van der Waals surface area contributed by atoms with Crippen molar-refractivity contribution >= 4 is 40.9 Å². The highest BCUT2D eigenvalue weighted by Crippen LogP contribution is 2.22. The van der Waals surface area contributed by atoms with Crippen molar-refractivity contribution in [3.05, 3.63) is 16.1 Å². The number of carbonyl (C=O) groups excluding carboxylic acids is 2. The van der Waals surface area contributed by atoms with E-state index in [4.69, 9.17) is 5.11 Å². The Morgan fingerprint density at radius 3 is 2.91 bits per heavy atom. The van der Waals surface area contributed by atoms with E-state index in [0.717, 1.165) is 6.42 Å². The Labute approximate surface area is 142 Å². The second kappa shape index (κ2) is 8.30. The minimum absolute atomic E-state index is 0.0173. The summed E-state index contributed by atoms with van der Waals surface area (Å²) in [7, 11) is 0. The second-order valence-electron chi connectivity index (χ2n) is 5.10. The van der Waals surface area contributed by atoms with Gasteiger partial charge in [0.05, 0.1) is 10.9 Å². The summed E-state index contributed by atoms with van der Waals surface area (Å²) in [5, 5.41) is 13.8. The van der Waals surface area contributed by atoms with Crippen LogP contribution < -0.4 is 5.32 Å². The summed E-state index contributed by atoms with van der Waals surface area (Å²) in [6.45, 7) is 2.32. The van der Waals surface area contributed by atoms with E-state index < -0.39 is 12.0 Å². The number of nitrogens with zero attached hydrogens (tertiary/aromatic N) is 2. The lowest BCUT2D eigenvalue weighted by Gasteiger charge is -2.22. The third-order valence-corrected chi connectivity index (χ3v) is 5.30. The highest BCUT2D eigenvalue weighted by atomic mass is 32.2. The van der Waals surface area contributed by atoms with Crippen LogP contribution in [0, 0.1) is 0 Å². The zero-order valence-corrected chi connectivity index (χ0v) is 14.4. The van der Waals surface area contributed by atoms with Crippen molar-refractivity contribution in [2.75, 3.05) is 18.2 Å². The van der Waals surface area contributed by atoms with Crippen molar-refractivity contribution < 1.29 is 19.5 Å². The SMILES string of the molecule is CCCC(=O)N1CSCC1C(=O)NCCc1nc(C(=O)O)cs1. The maximum atomic E-state index is 12.2. The molecule has 1 aromatic heterocycles. The molecule has 1 unspecified atom stereocenters. The average molecular weight is 357 g/mol. The minimum Gasteiger partial charge on any atom is -0.476 e. The smallest absolute Gasteiger partial charge is 0.355 e. The van der Waals surface area contributed by atoms with Crippen molar-refractivity contribution in [3.63, 3.8) is 0 Å². The quantitative estimate of drug-likeness (QED) is 0.761. The molecule has 1 fully saturated rings. The molecule has 1 saturated heterocycles. The molecule has 7 nitrogen and oxygen atoms in total. The molecule has 2 amide bonds. The van der Waals surface area contributed by atoms with Crippen LogP contribution in [0.3, 0.4) is 0 Å². The van der Waals surface area contributed by atoms with Crippen LogP contribution in [0.2, 0.25) is 0 Å². The van der Waals surface area contributed by atoms with E-state index in [-0.39, 0.29) is 17.5 Å². The van der Waals surface area contributed by atoms with Crippen molar-refractivity contribution in [1.82, 2.24) is 15.2 Å². The number of carbonyl (C=O) groups is 3. The average Bonchev–Trinajstić information content (AvgIpc) is 3.16. The summed E-state index contributed by atoms with van der Waals surface area (Å²) in [5.74, 6) is -0.0182. The fourth-order valence-electron chi connectivity index (χ4n) is 2.20. The number of hydrogen-bond donors (Lipinski definition) is 2. The number of carboxylic acids is 1. The normalized spacial score (nSPS) is 17.3. The predicted molar refractivity (Wildman–Crippen MR) is 88.7 cm³/mol. The molecule has 2 rings (SSSR count). The molecule has 1 aromatic rings. The Hall–Kier alpha value is -1.61. The van der Waals surface area contributed by atoms with Gasteiger partial charge < -0.3 is 15.3 Å².